The molecule has 0 aliphatic heterocycles. The molecule has 0 aliphatic rings. The molecule has 0 atom stereocenters. The Morgan fingerprint density at radius 2 is 1.88 bits per heavy atom. The topological polar surface area (TPSA) is 21.3 Å². The Kier molecular flexibility index (Phi) is 7.85. The second-order valence-corrected chi connectivity index (χ2v) is 3.20. The van der Waals surface area contributed by atoms with E-state index in [4.69, 9.17) is 0 Å². The van der Waals surface area contributed by atoms with E-state index < -0.39 is 6.61 Å². The quantitative estimate of drug-likeness (QED) is 0.784. The molecule has 0 saturated heterocycles. The number of ether oxygens (including phenoxy) is 1. The third kappa shape index (κ3) is 5.88. The van der Waals surface area contributed by atoms with Crippen molar-refractivity contribution < 1.29 is 13.5 Å². The molecule has 16 heavy (non-hydrogen) atoms. The fraction of sp³-hybridized carbons (Fsp3) is 0.455. The fourth-order valence-electron chi connectivity index (χ4n) is 1.20. The molecule has 5 heteroatoms. The lowest BCUT2D eigenvalue weighted by Gasteiger charge is -2.06. The summed E-state index contributed by atoms with van der Waals surface area (Å²) < 4.78 is 27.9. The molecule has 0 aliphatic carbocycles. The summed E-state index contributed by atoms with van der Waals surface area (Å²) in [7, 11) is 0. The van der Waals surface area contributed by atoms with Crippen LogP contribution in [0.3, 0.4) is 0 Å². The minimum Gasteiger partial charge on any atom is -0.435 e. The first kappa shape index (κ1) is 15.1. The molecule has 0 spiro atoms. The molecule has 2 nitrogen and oxygen atoms in total. The largest absolute Gasteiger partial charge is 0.435 e. The van der Waals surface area contributed by atoms with Gasteiger partial charge in [-0.05, 0) is 30.7 Å². The average molecular weight is 252 g/mol. The zero-order valence-electron chi connectivity index (χ0n) is 9.08. The predicted octanol–water partition coefficient (Wildman–Crippen LogP) is 3.21. The van der Waals surface area contributed by atoms with Gasteiger partial charge in [0.1, 0.15) is 5.75 Å². The highest BCUT2D eigenvalue weighted by atomic mass is 35.5. The maximum Gasteiger partial charge on any atom is 0.387 e. The molecular formula is C11H16ClF2NO. The van der Waals surface area contributed by atoms with Crippen molar-refractivity contribution in [2.75, 3.05) is 6.54 Å². The Labute approximate surface area is 100 Å². The van der Waals surface area contributed by atoms with Crippen molar-refractivity contribution in [1.82, 2.24) is 5.32 Å². The predicted molar refractivity (Wildman–Crippen MR) is 62.3 cm³/mol. The Balaban J connectivity index is 0.00000225. The second-order valence-electron chi connectivity index (χ2n) is 3.20. The Bertz CT molecular complexity index is 280. The smallest absolute Gasteiger partial charge is 0.387 e. The van der Waals surface area contributed by atoms with Crippen LogP contribution in [-0.2, 0) is 6.54 Å². The third-order valence-electron chi connectivity index (χ3n) is 1.90. The van der Waals surface area contributed by atoms with Crippen LogP contribution in [0.5, 0.6) is 5.75 Å². The van der Waals surface area contributed by atoms with E-state index in [1.165, 1.54) is 0 Å². The first-order valence-corrected chi connectivity index (χ1v) is 4.97. The van der Waals surface area contributed by atoms with E-state index in [2.05, 4.69) is 17.0 Å². The van der Waals surface area contributed by atoms with E-state index in [1.54, 1.807) is 24.3 Å². The lowest BCUT2D eigenvalue weighted by atomic mass is 10.2. The summed E-state index contributed by atoms with van der Waals surface area (Å²) in [5.74, 6) is 0.198. The van der Waals surface area contributed by atoms with Crippen LogP contribution >= 0.6 is 12.4 Å². The number of hydrogen-bond donors (Lipinski definition) is 1. The lowest BCUT2D eigenvalue weighted by Crippen LogP contribution is -2.13. The van der Waals surface area contributed by atoms with Gasteiger partial charge in [0.2, 0.25) is 0 Å². The van der Waals surface area contributed by atoms with Crippen LogP contribution in [0, 0.1) is 0 Å². The van der Waals surface area contributed by atoms with Crippen molar-refractivity contribution in [2.24, 2.45) is 0 Å². The minimum atomic E-state index is -2.76. The zero-order chi connectivity index (χ0) is 11.1. The van der Waals surface area contributed by atoms with E-state index in [0.717, 1.165) is 25.1 Å². The number of benzene rings is 1. The SMILES string of the molecule is CCCNCc1ccc(OC(F)F)cc1.Cl. The van der Waals surface area contributed by atoms with E-state index in [1.807, 2.05) is 0 Å². The summed E-state index contributed by atoms with van der Waals surface area (Å²) in [6, 6.07) is 6.66. The van der Waals surface area contributed by atoms with Crippen LogP contribution in [0.15, 0.2) is 24.3 Å². The number of hydrogen-bond acceptors (Lipinski definition) is 2. The normalized spacial score (nSPS) is 10.0. The van der Waals surface area contributed by atoms with Crippen molar-refractivity contribution in [2.45, 2.75) is 26.5 Å². The van der Waals surface area contributed by atoms with Gasteiger partial charge in [-0.25, -0.2) is 0 Å². The van der Waals surface area contributed by atoms with Gasteiger partial charge in [0.25, 0.3) is 0 Å². The summed E-state index contributed by atoms with van der Waals surface area (Å²) in [5, 5.41) is 3.22. The molecule has 0 aromatic heterocycles. The zero-order valence-corrected chi connectivity index (χ0v) is 9.90. The molecule has 1 rings (SSSR count). The van der Waals surface area contributed by atoms with Gasteiger partial charge < -0.3 is 10.1 Å². The average Bonchev–Trinajstić information content (AvgIpc) is 2.20. The van der Waals surface area contributed by atoms with Crippen molar-refractivity contribution in [3.8, 4) is 5.75 Å². The van der Waals surface area contributed by atoms with Gasteiger partial charge in [-0.15, -0.1) is 12.4 Å². The van der Waals surface area contributed by atoms with Gasteiger partial charge in [-0.1, -0.05) is 19.1 Å². The molecule has 0 amide bonds. The summed E-state index contributed by atoms with van der Waals surface area (Å²) >= 11 is 0. The number of nitrogens with one attached hydrogen (secondary N) is 1. The van der Waals surface area contributed by atoms with Crippen LogP contribution in [0.25, 0.3) is 0 Å². The molecule has 0 bridgehead atoms. The summed E-state index contributed by atoms with van der Waals surface area (Å²) in [6.45, 7) is 1.04. The molecule has 0 fully saturated rings. The van der Waals surface area contributed by atoms with E-state index in [0.29, 0.717) is 0 Å². The maximum atomic E-state index is 11.8. The monoisotopic (exact) mass is 251 g/mol. The van der Waals surface area contributed by atoms with Crippen LogP contribution in [-0.4, -0.2) is 13.2 Å². The van der Waals surface area contributed by atoms with Gasteiger partial charge in [0, 0.05) is 6.54 Å². The number of rotatable bonds is 6. The van der Waals surface area contributed by atoms with Gasteiger partial charge in [-0.3, -0.25) is 0 Å². The fourth-order valence-corrected chi connectivity index (χ4v) is 1.20. The van der Waals surface area contributed by atoms with Gasteiger partial charge in [-0.2, -0.15) is 8.78 Å². The highest BCUT2D eigenvalue weighted by molar-refractivity contribution is 5.85. The first-order chi connectivity index (χ1) is 7.22. The van der Waals surface area contributed by atoms with Crippen molar-refractivity contribution in [3.63, 3.8) is 0 Å². The van der Waals surface area contributed by atoms with E-state index in [-0.39, 0.29) is 18.2 Å². The van der Waals surface area contributed by atoms with Crippen LogP contribution in [0.1, 0.15) is 18.9 Å². The number of halogens is 3. The maximum absolute atomic E-state index is 11.8. The van der Waals surface area contributed by atoms with Crippen LogP contribution in [0.4, 0.5) is 8.78 Å². The molecule has 1 aromatic carbocycles. The van der Waals surface area contributed by atoms with Gasteiger partial charge in [0.05, 0.1) is 0 Å². The Morgan fingerprint density at radius 3 is 2.38 bits per heavy atom. The molecule has 0 unspecified atom stereocenters. The standard InChI is InChI=1S/C11H15F2NO.ClH/c1-2-7-14-8-9-3-5-10(6-4-9)15-11(12)13;/h3-6,11,14H,2,7-8H2,1H3;1H. The Morgan fingerprint density at radius 1 is 1.25 bits per heavy atom. The summed E-state index contributed by atoms with van der Waals surface area (Å²) in [6.07, 6.45) is 1.08. The Hall–Kier alpha value is -0.870. The molecular weight excluding hydrogens is 236 g/mol. The molecule has 1 aromatic rings. The first-order valence-electron chi connectivity index (χ1n) is 4.97. The van der Waals surface area contributed by atoms with Crippen molar-refractivity contribution in [3.05, 3.63) is 29.8 Å². The lowest BCUT2D eigenvalue weighted by molar-refractivity contribution is -0.0498. The van der Waals surface area contributed by atoms with Gasteiger partial charge in [0.15, 0.2) is 0 Å². The van der Waals surface area contributed by atoms with Crippen LogP contribution in [0.2, 0.25) is 0 Å². The molecule has 0 heterocycles. The highest BCUT2D eigenvalue weighted by Crippen LogP contribution is 2.14. The molecule has 0 saturated carbocycles. The van der Waals surface area contributed by atoms with E-state index in [9.17, 15) is 8.78 Å². The second kappa shape index (κ2) is 8.30. The molecule has 1 N–H and O–H groups in total. The number of alkyl halides is 2. The van der Waals surface area contributed by atoms with Crippen LogP contribution < -0.4 is 10.1 Å². The molecule has 92 valence electrons. The summed E-state index contributed by atoms with van der Waals surface area (Å²) in [4.78, 5) is 0. The van der Waals surface area contributed by atoms with Gasteiger partial charge >= 0.3 is 6.61 Å². The van der Waals surface area contributed by atoms with E-state index >= 15 is 0 Å². The summed E-state index contributed by atoms with van der Waals surface area (Å²) in [5.41, 5.74) is 1.06. The highest BCUT2D eigenvalue weighted by Gasteiger charge is 2.03. The molecule has 0 radical (unpaired) electrons. The van der Waals surface area contributed by atoms with Crippen molar-refractivity contribution >= 4 is 12.4 Å². The van der Waals surface area contributed by atoms with Crippen molar-refractivity contribution in [1.29, 1.82) is 0 Å². The third-order valence-corrected chi connectivity index (χ3v) is 1.90. The minimum absolute atomic E-state index is 0.